The summed E-state index contributed by atoms with van der Waals surface area (Å²) in [5.41, 5.74) is 7.55. The van der Waals surface area contributed by atoms with Gasteiger partial charge in [-0.2, -0.15) is 10.2 Å². The van der Waals surface area contributed by atoms with E-state index in [1.165, 1.54) is 5.56 Å². The van der Waals surface area contributed by atoms with E-state index in [1.807, 2.05) is 18.2 Å². The number of nitrogens with zero attached hydrogens (tertiary/aromatic N) is 2. The highest BCUT2D eigenvalue weighted by atomic mass is 16.3. The van der Waals surface area contributed by atoms with Crippen molar-refractivity contribution in [2.75, 3.05) is 13.1 Å². The molecule has 0 radical (unpaired) electrons. The van der Waals surface area contributed by atoms with Gasteiger partial charge in [-0.15, -0.1) is 0 Å². The van der Waals surface area contributed by atoms with E-state index in [-0.39, 0.29) is 5.92 Å². The molecule has 94 valence electrons. The molecule has 0 amide bonds. The van der Waals surface area contributed by atoms with Crippen molar-refractivity contribution in [3.8, 4) is 0 Å². The molecule has 1 aromatic rings. The molecule has 2 atom stereocenters. The van der Waals surface area contributed by atoms with Crippen LogP contribution in [0.15, 0.2) is 40.5 Å². The van der Waals surface area contributed by atoms with Crippen molar-refractivity contribution < 1.29 is 5.11 Å². The zero-order valence-corrected chi connectivity index (χ0v) is 10.2. The third-order valence-electron chi connectivity index (χ3n) is 3.39. The molecule has 0 aromatic heterocycles. The summed E-state index contributed by atoms with van der Waals surface area (Å²) < 4.78 is 0. The Morgan fingerprint density at radius 2 is 2.00 bits per heavy atom. The monoisotopic (exact) mass is 244 g/mol. The topological polar surface area (TPSA) is 69.0 Å². The predicted molar refractivity (Wildman–Crippen MR) is 70.7 cm³/mol. The van der Waals surface area contributed by atoms with E-state index in [2.05, 4.69) is 33.2 Å². The van der Waals surface area contributed by atoms with Crippen molar-refractivity contribution in [1.29, 1.82) is 0 Å². The third kappa shape index (κ3) is 1.76. The lowest BCUT2D eigenvalue weighted by Gasteiger charge is -2.20. The van der Waals surface area contributed by atoms with E-state index < -0.39 is 5.60 Å². The van der Waals surface area contributed by atoms with Gasteiger partial charge in [0.2, 0.25) is 0 Å². The Bertz CT molecular complexity index is 507. The van der Waals surface area contributed by atoms with Crippen LogP contribution in [0.2, 0.25) is 0 Å². The van der Waals surface area contributed by atoms with Gasteiger partial charge in [-0.3, -0.25) is 0 Å². The minimum Gasteiger partial charge on any atom is -0.382 e. The molecule has 5 nitrogen and oxygen atoms in total. The van der Waals surface area contributed by atoms with Gasteiger partial charge in [0.25, 0.3) is 0 Å². The summed E-state index contributed by atoms with van der Waals surface area (Å²) in [6.07, 6.45) is 0. The number of rotatable bonds is 2. The van der Waals surface area contributed by atoms with Crippen LogP contribution < -0.4 is 10.9 Å². The molecule has 0 fully saturated rings. The first-order chi connectivity index (χ1) is 8.68. The molecule has 3 N–H and O–H groups in total. The van der Waals surface area contributed by atoms with Gasteiger partial charge in [-0.05, 0) is 12.5 Å². The fourth-order valence-corrected chi connectivity index (χ4v) is 2.39. The first-order valence-electron chi connectivity index (χ1n) is 6.07. The first-order valence-corrected chi connectivity index (χ1v) is 6.07. The van der Waals surface area contributed by atoms with Gasteiger partial charge < -0.3 is 16.0 Å². The van der Waals surface area contributed by atoms with E-state index in [9.17, 15) is 5.11 Å². The number of β-amino-alcohol motifs (C(OH)–C–C–N with tert-alkyl or cyclic N) is 1. The molecular formula is C13H16N4O. The molecule has 2 aliphatic heterocycles. The molecule has 0 spiro atoms. The second-order valence-corrected chi connectivity index (χ2v) is 4.89. The van der Waals surface area contributed by atoms with Crippen LogP contribution in [0.25, 0.3) is 0 Å². The molecule has 3 rings (SSSR count). The highest BCUT2D eigenvalue weighted by molar-refractivity contribution is 6.47. The molecule has 0 saturated heterocycles. The molecule has 2 heterocycles. The maximum atomic E-state index is 10.3. The predicted octanol–water partition coefficient (Wildman–Crippen LogP) is 0.440. The normalized spacial score (nSPS) is 30.4. The third-order valence-corrected chi connectivity index (χ3v) is 3.39. The Hall–Kier alpha value is -1.88. The maximum Gasteiger partial charge on any atom is 0.126 e. The molecule has 0 saturated carbocycles. The summed E-state index contributed by atoms with van der Waals surface area (Å²) in [5.74, 6) is 0.149. The van der Waals surface area contributed by atoms with Crippen molar-refractivity contribution in [3.63, 3.8) is 0 Å². The van der Waals surface area contributed by atoms with Gasteiger partial charge in [-0.25, -0.2) is 0 Å². The van der Waals surface area contributed by atoms with Crippen LogP contribution in [0.4, 0.5) is 0 Å². The van der Waals surface area contributed by atoms with E-state index in [0.29, 0.717) is 12.3 Å². The minimum atomic E-state index is -0.947. The lowest BCUT2D eigenvalue weighted by atomic mass is 9.86. The molecular weight excluding hydrogens is 228 g/mol. The van der Waals surface area contributed by atoms with Crippen LogP contribution in [0.1, 0.15) is 18.4 Å². The highest BCUT2D eigenvalue weighted by Gasteiger charge is 2.40. The number of hydrazone groups is 2. The number of benzene rings is 1. The van der Waals surface area contributed by atoms with Crippen molar-refractivity contribution >= 4 is 11.4 Å². The van der Waals surface area contributed by atoms with Gasteiger partial charge in [0.15, 0.2) is 0 Å². The summed E-state index contributed by atoms with van der Waals surface area (Å²) in [6.45, 7) is 2.94. The summed E-state index contributed by atoms with van der Waals surface area (Å²) in [4.78, 5) is 0. The second kappa shape index (κ2) is 4.10. The van der Waals surface area contributed by atoms with Gasteiger partial charge in [-0.1, -0.05) is 30.3 Å². The van der Waals surface area contributed by atoms with Crippen molar-refractivity contribution in [2.45, 2.75) is 18.4 Å². The standard InChI is InChI=1S/C13H16N4O/c1-13(18)8-15-17-12(13)11-10(7-14-16-11)9-5-3-2-4-6-9/h2-6,10,14-15,18H,7-8H2,1H3. The van der Waals surface area contributed by atoms with E-state index >= 15 is 0 Å². The van der Waals surface area contributed by atoms with E-state index in [4.69, 9.17) is 0 Å². The molecule has 1 aromatic carbocycles. The Morgan fingerprint density at radius 3 is 2.67 bits per heavy atom. The van der Waals surface area contributed by atoms with Crippen molar-refractivity contribution in [2.24, 2.45) is 10.2 Å². The number of aliphatic hydroxyl groups is 1. The summed E-state index contributed by atoms with van der Waals surface area (Å²) >= 11 is 0. The Morgan fingerprint density at radius 1 is 1.22 bits per heavy atom. The van der Waals surface area contributed by atoms with Gasteiger partial charge >= 0.3 is 0 Å². The molecule has 0 aliphatic carbocycles. The van der Waals surface area contributed by atoms with Crippen LogP contribution in [0.3, 0.4) is 0 Å². The van der Waals surface area contributed by atoms with E-state index in [1.54, 1.807) is 6.92 Å². The smallest absolute Gasteiger partial charge is 0.126 e. The summed E-state index contributed by atoms with van der Waals surface area (Å²) in [5, 5.41) is 18.8. The van der Waals surface area contributed by atoms with Crippen molar-refractivity contribution in [1.82, 2.24) is 10.9 Å². The van der Waals surface area contributed by atoms with Crippen LogP contribution in [0, 0.1) is 0 Å². The summed E-state index contributed by atoms with van der Waals surface area (Å²) in [6, 6.07) is 10.2. The lowest BCUT2D eigenvalue weighted by molar-refractivity contribution is 0.145. The number of nitrogens with one attached hydrogen (secondary N) is 2. The van der Waals surface area contributed by atoms with Crippen LogP contribution >= 0.6 is 0 Å². The fraction of sp³-hybridized carbons (Fsp3) is 0.385. The molecule has 18 heavy (non-hydrogen) atoms. The average molecular weight is 244 g/mol. The molecule has 5 heteroatoms. The summed E-state index contributed by atoms with van der Waals surface area (Å²) in [7, 11) is 0. The highest BCUT2D eigenvalue weighted by Crippen LogP contribution is 2.25. The Labute approximate surface area is 106 Å². The second-order valence-electron chi connectivity index (χ2n) is 4.89. The minimum absolute atomic E-state index is 0.149. The quantitative estimate of drug-likeness (QED) is 0.707. The zero-order valence-electron chi connectivity index (χ0n) is 10.2. The number of hydrogen-bond acceptors (Lipinski definition) is 5. The molecule has 2 aliphatic rings. The first kappa shape index (κ1) is 11.2. The van der Waals surface area contributed by atoms with E-state index in [0.717, 1.165) is 12.3 Å². The lowest BCUT2D eigenvalue weighted by Crippen LogP contribution is -2.42. The fourth-order valence-electron chi connectivity index (χ4n) is 2.39. The number of hydrogen-bond donors (Lipinski definition) is 3. The SMILES string of the molecule is CC1(O)CNN=C1C1=NNCC1c1ccccc1. The van der Waals surface area contributed by atoms with Gasteiger partial charge in [0.1, 0.15) is 11.3 Å². The molecule has 0 bridgehead atoms. The van der Waals surface area contributed by atoms with Crippen LogP contribution in [0.5, 0.6) is 0 Å². The van der Waals surface area contributed by atoms with Crippen molar-refractivity contribution in [3.05, 3.63) is 35.9 Å². The molecule has 2 unspecified atom stereocenters. The maximum absolute atomic E-state index is 10.3. The van der Waals surface area contributed by atoms with Crippen LogP contribution in [-0.4, -0.2) is 35.2 Å². The average Bonchev–Trinajstić information content (AvgIpc) is 2.95. The van der Waals surface area contributed by atoms with Crippen LogP contribution in [-0.2, 0) is 0 Å². The largest absolute Gasteiger partial charge is 0.382 e. The Kier molecular flexibility index (Phi) is 2.56. The van der Waals surface area contributed by atoms with Gasteiger partial charge in [0, 0.05) is 12.5 Å². The zero-order chi connectivity index (χ0) is 12.6. The van der Waals surface area contributed by atoms with Gasteiger partial charge in [0.05, 0.1) is 12.3 Å². The Balaban J connectivity index is 1.93.